The van der Waals surface area contributed by atoms with E-state index in [2.05, 4.69) is 96.0 Å². The van der Waals surface area contributed by atoms with Gasteiger partial charge in [-0.25, -0.2) is 5.43 Å². The number of thioether (sulfide) groups is 1. The number of benzene rings is 2. The zero-order chi connectivity index (χ0) is 22.5. The predicted molar refractivity (Wildman–Crippen MR) is 135 cm³/mol. The van der Waals surface area contributed by atoms with Crippen molar-refractivity contribution in [1.29, 1.82) is 0 Å². The molecule has 0 radical (unpaired) electrons. The molecule has 1 N–H and O–H groups in total. The monoisotopic (exact) mass is 497 g/mol. The lowest BCUT2D eigenvalue weighted by molar-refractivity contribution is -0.118. The van der Waals surface area contributed by atoms with Crippen LogP contribution in [-0.4, -0.2) is 22.4 Å². The Morgan fingerprint density at radius 3 is 2.32 bits per heavy atom. The summed E-state index contributed by atoms with van der Waals surface area (Å²) in [6.45, 7) is 10.5. The molecule has 0 saturated carbocycles. The predicted octanol–water partition coefficient (Wildman–Crippen LogP) is 6.17. The molecule has 0 saturated heterocycles. The standard InChI is InChI=1S/C25H28BrN3OS/c1-16-9-6-7-12-21(16)14-31-15-23(30)28-27-13-22-19(4)29(20(5)24(22)26)25-17(2)10-8-11-18(25)3/h6-13H,14-15H2,1-5H3,(H,28,30)/b27-13-. The van der Waals surface area contributed by atoms with Gasteiger partial charge in [-0.1, -0.05) is 42.5 Å². The third-order valence-electron chi connectivity index (χ3n) is 5.41. The highest BCUT2D eigenvalue weighted by Gasteiger charge is 2.18. The van der Waals surface area contributed by atoms with E-state index in [1.807, 2.05) is 12.1 Å². The fourth-order valence-corrected chi connectivity index (χ4v) is 5.16. The quantitative estimate of drug-likeness (QED) is 0.313. The summed E-state index contributed by atoms with van der Waals surface area (Å²) >= 11 is 5.30. The van der Waals surface area contributed by atoms with E-state index >= 15 is 0 Å². The molecule has 3 rings (SSSR count). The summed E-state index contributed by atoms with van der Waals surface area (Å²) in [7, 11) is 0. The number of rotatable bonds is 7. The molecular formula is C25H28BrN3OS. The molecule has 3 aromatic rings. The summed E-state index contributed by atoms with van der Waals surface area (Å²) in [6, 6.07) is 14.6. The molecule has 162 valence electrons. The molecule has 31 heavy (non-hydrogen) atoms. The van der Waals surface area contributed by atoms with Crippen LogP contribution in [0.2, 0.25) is 0 Å². The Labute approximate surface area is 197 Å². The van der Waals surface area contributed by atoms with Crippen LogP contribution in [0.3, 0.4) is 0 Å². The lowest BCUT2D eigenvalue weighted by Crippen LogP contribution is -2.19. The highest BCUT2D eigenvalue weighted by atomic mass is 79.9. The fraction of sp³-hybridized carbons (Fsp3) is 0.280. The number of hydrazone groups is 1. The van der Waals surface area contributed by atoms with Gasteiger partial charge in [0.1, 0.15) is 0 Å². The van der Waals surface area contributed by atoms with Gasteiger partial charge in [0.15, 0.2) is 0 Å². The fourth-order valence-electron chi connectivity index (χ4n) is 3.69. The zero-order valence-corrected chi connectivity index (χ0v) is 21.0. The average Bonchev–Trinajstić information content (AvgIpc) is 2.93. The van der Waals surface area contributed by atoms with Crippen molar-refractivity contribution in [1.82, 2.24) is 9.99 Å². The van der Waals surface area contributed by atoms with E-state index in [4.69, 9.17) is 0 Å². The van der Waals surface area contributed by atoms with E-state index in [0.29, 0.717) is 5.75 Å². The minimum Gasteiger partial charge on any atom is -0.316 e. The second-order valence-electron chi connectivity index (χ2n) is 7.69. The minimum absolute atomic E-state index is 0.102. The number of hydrogen-bond donors (Lipinski definition) is 1. The van der Waals surface area contributed by atoms with Crippen LogP contribution in [0.1, 0.15) is 39.2 Å². The molecule has 0 bridgehead atoms. The van der Waals surface area contributed by atoms with Crippen LogP contribution in [0, 0.1) is 34.6 Å². The lowest BCUT2D eigenvalue weighted by Gasteiger charge is -2.15. The second kappa shape index (κ2) is 10.3. The normalized spacial score (nSPS) is 11.3. The van der Waals surface area contributed by atoms with Crippen molar-refractivity contribution in [3.63, 3.8) is 0 Å². The summed E-state index contributed by atoms with van der Waals surface area (Å²) in [5.74, 6) is 1.08. The second-order valence-corrected chi connectivity index (χ2v) is 9.47. The van der Waals surface area contributed by atoms with E-state index in [1.54, 1.807) is 18.0 Å². The third kappa shape index (κ3) is 5.31. The van der Waals surface area contributed by atoms with Crippen molar-refractivity contribution in [2.75, 3.05) is 5.75 Å². The third-order valence-corrected chi connectivity index (χ3v) is 7.40. The highest BCUT2D eigenvalue weighted by Crippen LogP contribution is 2.32. The van der Waals surface area contributed by atoms with E-state index < -0.39 is 0 Å². The van der Waals surface area contributed by atoms with Crippen molar-refractivity contribution in [3.8, 4) is 5.69 Å². The van der Waals surface area contributed by atoms with Gasteiger partial charge in [0.25, 0.3) is 0 Å². The Kier molecular flexibility index (Phi) is 7.79. The summed E-state index contributed by atoms with van der Waals surface area (Å²) in [5.41, 5.74) is 11.9. The first-order valence-corrected chi connectivity index (χ1v) is 12.1. The van der Waals surface area contributed by atoms with Crippen molar-refractivity contribution < 1.29 is 4.79 Å². The van der Waals surface area contributed by atoms with Gasteiger partial charge in [-0.3, -0.25) is 4.79 Å². The van der Waals surface area contributed by atoms with E-state index in [1.165, 1.54) is 27.9 Å². The number of aromatic nitrogens is 1. The van der Waals surface area contributed by atoms with E-state index in [9.17, 15) is 4.79 Å². The first-order chi connectivity index (χ1) is 14.8. The molecule has 0 aliphatic rings. The van der Waals surface area contributed by atoms with Crippen LogP contribution in [-0.2, 0) is 10.5 Å². The molecule has 2 aromatic carbocycles. The van der Waals surface area contributed by atoms with Crippen molar-refractivity contribution >= 4 is 39.8 Å². The van der Waals surface area contributed by atoms with Crippen LogP contribution in [0.4, 0.5) is 0 Å². The number of aryl methyl sites for hydroxylation is 3. The summed E-state index contributed by atoms with van der Waals surface area (Å²) < 4.78 is 3.23. The number of nitrogens with zero attached hydrogens (tertiary/aromatic N) is 2. The number of nitrogens with one attached hydrogen (secondary N) is 1. The lowest BCUT2D eigenvalue weighted by atomic mass is 10.1. The number of carbonyl (C=O) groups is 1. The highest BCUT2D eigenvalue weighted by molar-refractivity contribution is 9.10. The van der Waals surface area contributed by atoms with Crippen molar-refractivity contribution in [3.05, 3.63) is 86.1 Å². The van der Waals surface area contributed by atoms with Gasteiger partial charge in [-0.05, 0) is 72.8 Å². The molecule has 0 fully saturated rings. The Morgan fingerprint density at radius 1 is 1.00 bits per heavy atom. The molecule has 0 unspecified atom stereocenters. The first kappa shape index (κ1) is 23.4. The van der Waals surface area contributed by atoms with Crippen LogP contribution < -0.4 is 5.43 Å². The van der Waals surface area contributed by atoms with Crippen LogP contribution in [0.25, 0.3) is 5.69 Å². The number of carbonyl (C=O) groups excluding carboxylic acids is 1. The maximum atomic E-state index is 12.2. The molecule has 1 aromatic heterocycles. The molecule has 4 nitrogen and oxygen atoms in total. The molecule has 0 aliphatic heterocycles. The van der Waals surface area contributed by atoms with Gasteiger partial charge in [0.2, 0.25) is 5.91 Å². The number of halogens is 1. The van der Waals surface area contributed by atoms with E-state index in [-0.39, 0.29) is 5.91 Å². The first-order valence-electron chi connectivity index (χ1n) is 10.2. The zero-order valence-electron chi connectivity index (χ0n) is 18.6. The molecule has 1 heterocycles. The largest absolute Gasteiger partial charge is 0.316 e. The summed E-state index contributed by atoms with van der Waals surface area (Å²) in [5, 5.41) is 4.22. The van der Waals surface area contributed by atoms with Gasteiger partial charge in [-0.2, -0.15) is 5.10 Å². The maximum Gasteiger partial charge on any atom is 0.250 e. The van der Waals surface area contributed by atoms with Gasteiger partial charge in [0, 0.05) is 27.2 Å². The Morgan fingerprint density at radius 2 is 1.65 bits per heavy atom. The SMILES string of the molecule is Cc1ccccc1CSCC(=O)N/N=C\c1c(Br)c(C)n(-c2c(C)cccc2C)c1C. The van der Waals surface area contributed by atoms with Gasteiger partial charge < -0.3 is 4.57 Å². The van der Waals surface area contributed by atoms with Crippen LogP contribution in [0.15, 0.2) is 52.0 Å². The van der Waals surface area contributed by atoms with Gasteiger partial charge in [-0.15, -0.1) is 11.8 Å². The van der Waals surface area contributed by atoms with Crippen molar-refractivity contribution in [2.45, 2.75) is 40.4 Å². The summed E-state index contributed by atoms with van der Waals surface area (Å²) in [6.07, 6.45) is 1.72. The van der Waals surface area contributed by atoms with E-state index in [0.717, 1.165) is 27.2 Å². The maximum absolute atomic E-state index is 12.2. The van der Waals surface area contributed by atoms with Gasteiger partial charge in [0.05, 0.1) is 17.7 Å². The van der Waals surface area contributed by atoms with Gasteiger partial charge >= 0.3 is 0 Å². The molecule has 1 amide bonds. The smallest absolute Gasteiger partial charge is 0.250 e. The molecule has 6 heteroatoms. The molecule has 0 spiro atoms. The Balaban J connectivity index is 1.67. The van der Waals surface area contributed by atoms with Crippen LogP contribution in [0.5, 0.6) is 0 Å². The molecule has 0 aliphatic carbocycles. The number of hydrogen-bond acceptors (Lipinski definition) is 3. The number of amides is 1. The minimum atomic E-state index is -0.102. The summed E-state index contributed by atoms with van der Waals surface area (Å²) in [4.78, 5) is 12.2. The average molecular weight is 498 g/mol. The molecular weight excluding hydrogens is 470 g/mol. The topological polar surface area (TPSA) is 46.4 Å². The number of para-hydroxylation sites is 1. The van der Waals surface area contributed by atoms with Crippen LogP contribution >= 0.6 is 27.7 Å². The Hall–Kier alpha value is -2.31. The Bertz CT molecular complexity index is 1110. The van der Waals surface area contributed by atoms with Crippen molar-refractivity contribution in [2.24, 2.45) is 5.10 Å². The molecule has 0 atom stereocenters.